The van der Waals surface area contributed by atoms with Crippen LogP contribution in [0.2, 0.25) is 5.02 Å². The number of amides is 2. The molecule has 0 aliphatic rings. The van der Waals surface area contributed by atoms with Crippen LogP contribution in [-0.4, -0.2) is 55.1 Å². The van der Waals surface area contributed by atoms with E-state index in [0.717, 1.165) is 54.0 Å². The molecule has 8 heteroatoms. The highest BCUT2D eigenvalue weighted by atomic mass is 79.9. The first-order valence-electron chi connectivity index (χ1n) is 10.7. The number of primary amides is 1. The van der Waals surface area contributed by atoms with Crippen molar-refractivity contribution in [3.63, 3.8) is 0 Å². The Morgan fingerprint density at radius 2 is 1.56 bits per heavy atom. The topological polar surface area (TPSA) is 75.9 Å². The minimum absolute atomic E-state index is 0.197. The summed E-state index contributed by atoms with van der Waals surface area (Å²) in [6.07, 6.45) is 2.79. The van der Waals surface area contributed by atoms with Gasteiger partial charge in [0.15, 0.2) is 0 Å². The smallest absolute Gasteiger partial charge is 0.315 e. The number of hydrogen-bond acceptors (Lipinski definition) is 4. The second kappa shape index (κ2) is 14.1. The van der Waals surface area contributed by atoms with E-state index >= 15 is 0 Å². The Morgan fingerprint density at radius 3 is 2.19 bits per heavy atom. The van der Waals surface area contributed by atoms with Crippen LogP contribution in [0.25, 0.3) is 0 Å². The highest BCUT2D eigenvalue weighted by molar-refractivity contribution is 9.10. The normalized spacial score (nSPS) is 10.9. The first kappa shape index (κ1) is 26.2. The number of rotatable bonds is 13. The summed E-state index contributed by atoms with van der Waals surface area (Å²) in [5, 5.41) is 0.723. The first-order valence-corrected chi connectivity index (χ1v) is 11.9. The van der Waals surface area contributed by atoms with Crippen molar-refractivity contribution in [2.24, 2.45) is 5.73 Å². The van der Waals surface area contributed by atoms with Gasteiger partial charge >= 0.3 is 12.0 Å². The van der Waals surface area contributed by atoms with E-state index in [0.29, 0.717) is 19.5 Å². The molecule has 0 aliphatic carbocycles. The third-order valence-corrected chi connectivity index (χ3v) is 5.99. The molecule has 0 saturated carbocycles. The maximum absolute atomic E-state index is 11.9. The minimum atomic E-state index is -0.425. The molecule has 2 aromatic carbocycles. The highest BCUT2D eigenvalue weighted by Gasteiger charge is 2.13. The Labute approximate surface area is 203 Å². The van der Waals surface area contributed by atoms with Gasteiger partial charge in [0.25, 0.3) is 0 Å². The number of halogens is 2. The minimum Gasteiger partial charge on any atom is -0.469 e. The zero-order chi connectivity index (χ0) is 23.3. The molecule has 0 fully saturated rings. The van der Waals surface area contributed by atoms with E-state index in [9.17, 15) is 9.59 Å². The molecular weight excluding hydrogens is 494 g/mol. The summed E-state index contributed by atoms with van der Waals surface area (Å²) in [6, 6.07) is 15.3. The van der Waals surface area contributed by atoms with E-state index in [1.54, 1.807) is 4.90 Å². The van der Waals surface area contributed by atoms with E-state index in [-0.39, 0.29) is 5.97 Å². The van der Waals surface area contributed by atoms with Crippen molar-refractivity contribution < 1.29 is 14.3 Å². The van der Waals surface area contributed by atoms with Crippen LogP contribution >= 0.6 is 27.5 Å². The Morgan fingerprint density at radius 1 is 0.938 bits per heavy atom. The van der Waals surface area contributed by atoms with Gasteiger partial charge in [-0.1, -0.05) is 51.8 Å². The molecule has 2 aromatic rings. The van der Waals surface area contributed by atoms with E-state index in [2.05, 4.69) is 20.8 Å². The fraction of sp³-hybridized carbons (Fsp3) is 0.417. The molecule has 2 rings (SSSR count). The summed E-state index contributed by atoms with van der Waals surface area (Å²) < 4.78 is 5.74. The number of nitrogens with zero attached hydrogens (tertiary/aromatic N) is 2. The number of methoxy groups -OCH3 is 1. The number of urea groups is 1. The molecule has 0 unspecified atom stereocenters. The molecule has 0 aliphatic heterocycles. The Kier molecular flexibility index (Phi) is 11.6. The van der Waals surface area contributed by atoms with Gasteiger partial charge in [0, 0.05) is 35.6 Å². The van der Waals surface area contributed by atoms with Crippen molar-refractivity contribution in [3.8, 4) is 0 Å². The van der Waals surface area contributed by atoms with Gasteiger partial charge in [0.2, 0.25) is 0 Å². The predicted octanol–water partition coefficient (Wildman–Crippen LogP) is 4.87. The van der Waals surface area contributed by atoms with E-state index in [4.69, 9.17) is 22.1 Å². The van der Waals surface area contributed by atoms with Crippen LogP contribution in [0.3, 0.4) is 0 Å². The van der Waals surface area contributed by atoms with Crippen LogP contribution in [0.1, 0.15) is 30.4 Å². The van der Waals surface area contributed by atoms with Crippen molar-refractivity contribution in [2.75, 3.05) is 33.3 Å². The molecule has 32 heavy (non-hydrogen) atoms. The number of carbonyl (C=O) groups excluding carboxylic acids is 2. The summed E-state index contributed by atoms with van der Waals surface area (Å²) in [5.41, 5.74) is 7.85. The summed E-state index contributed by atoms with van der Waals surface area (Å²) in [5.74, 6) is -0.197. The molecule has 174 valence electrons. The van der Waals surface area contributed by atoms with Gasteiger partial charge in [-0.3, -0.25) is 4.79 Å². The van der Waals surface area contributed by atoms with E-state index < -0.39 is 6.03 Å². The average Bonchev–Trinajstić information content (AvgIpc) is 2.78. The molecular formula is C24H31BrClN3O3. The van der Waals surface area contributed by atoms with Crippen LogP contribution in [0.5, 0.6) is 0 Å². The fourth-order valence-corrected chi connectivity index (χ4v) is 3.78. The fourth-order valence-electron chi connectivity index (χ4n) is 3.39. The lowest BCUT2D eigenvalue weighted by Crippen LogP contribution is -2.38. The second-order valence-electron chi connectivity index (χ2n) is 7.64. The lowest BCUT2D eigenvalue weighted by molar-refractivity contribution is -0.140. The number of carbonyl (C=O) groups is 2. The molecule has 0 saturated heterocycles. The van der Waals surface area contributed by atoms with Crippen molar-refractivity contribution in [1.82, 2.24) is 9.80 Å². The maximum atomic E-state index is 11.9. The Bertz CT molecular complexity index is 847. The average molecular weight is 525 g/mol. The summed E-state index contributed by atoms with van der Waals surface area (Å²) in [6.45, 7) is 3.49. The lowest BCUT2D eigenvalue weighted by Gasteiger charge is -2.25. The number of ether oxygens (including phenoxy) is 1. The summed E-state index contributed by atoms with van der Waals surface area (Å²) in [7, 11) is 1.41. The van der Waals surface area contributed by atoms with Gasteiger partial charge in [-0.15, -0.1) is 0 Å². The van der Waals surface area contributed by atoms with Gasteiger partial charge in [-0.2, -0.15) is 0 Å². The molecule has 0 radical (unpaired) electrons. The Balaban J connectivity index is 1.88. The summed E-state index contributed by atoms with van der Waals surface area (Å²) in [4.78, 5) is 27.4. The number of esters is 1. The lowest BCUT2D eigenvalue weighted by atomic mass is 10.1. The Hall–Kier alpha value is -2.09. The van der Waals surface area contributed by atoms with Crippen molar-refractivity contribution in [1.29, 1.82) is 0 Å². The first-order chi connectivity index (χ1) is 15.4. The maximum Gasteiger partial charge on any atom is 0.315 e. The van der Waals surface area contributed by atoms with Crippen LogP contribution in [0.15, 0.2) is 53.0 Å². The third-order valence-electron chi connectivity index (χ3n) is 5.21. The zero-order valence-corrected chi connectivity index (χ0v) is 20.8. The van der Waals surface area contributed by atoms with Gasteiger partial charge in [-0.05, 0) is 67.7 Å². The quantitative estimate of drug-likeness (QED) is 0.379. The van der Waals surface area contributed by atoms with E-state index in [1.165, 1.54) is 12.7 Å². The molecule has 2 amide bonds. The number of nitrogens with two attached hydrogens (primary N) is 1. The SMILES string of the molecule is COC(=O)CCCN(CCCN(Cc1ccc(Br)cc1)C(N)=O)CCc1ccc(Cl)cc1. The third kappa shape index (κ3) is 10.0. The van der Waals surface area contributed by atoms with E-state index in [1.807, 2.05) is 48.5 Å². The second-order valence-corrected chi connectivity index (χ2v) is 8.99. The molecule has 0 atom stereocenters. The monoisotopic (exact) mass is 523 g/mol. The molecule has 0 aromatic heterocycles. The highest BCUT2D eigenvalue weighted by Crippen LogP contribution is 2.13. The van der Waals surface area contributed by atoms with Crippen LogP contribution in [0.4, 0.5) is 4.79 Å². The van der Waals surface area contributed by atoms with Gasteiger partial charge in [-0.25, -0.2) is 4.79 Å². The number of benzene rings is 2. The van der Waals surface area contributed by atoms with Gasteiger partial charge in [0.05, 0.1) is 7.11 Å². The van der Waals surface area contributed by atoms with Crippen molar-refractivity contribution in [3.05, 3.63) is 69.2 Å². The van der Waals surface area contributed by atoms with Crippen LogP contribution < -0.4 is 5.73 Å². The largest absolute Gasteiger partial charge is 0.469 e. The standard InChI is InChI=1S/C24H31BrClN3O3/c1-32-23(30)4-2-14-28(17-13-19-7-11-22(26)12-8-19)15-3-16-29(24(27)31)18-20-5-9-21(25)10-6-20/h5-12H,2-4,13-18H2,1H3,(H2,27,31). The van der Waals surface area contributed by atoms with Crippen LogP contribution in [-0.2, 0) is 22.5 Å². The van der Waals surface area contributed by atoms with Gasteiger partial charge in [0.1, 0.15) is 0 Å². The number of hydrogen-bond donors (Lipinski definition) is 1. The summed E-state index contributed by atoms with van der Waals surface area (Å²) >= 11 is 9.40. The van der Waals surface area contributed by atoms with Crippen molar-refractivity contribution in [2.45, 2.75) is 32.2 Å². The van der Waals surface area contributed by atoms with Crippen LogP contribution in [0, 0.1) is 0 Å². The molecule has 2 N–H and O–H groups in total. The molecule has 0 heterocycles. The molecule has 6 nitrogen and oxygen atoms in total. The van der Waals surface area contributed by atoms with Crippen molar-refractivity contribution >= 4 is 39.5 Å². The predicted molar refractivity (Wildman–Crippen MR) is 132 cm³/mol. The molecule has 0 bridgehead atoms. The zero-order valence-electron chi connectivity index (χ0n) is 18.4. The molecule has 0 spiro atoms. The van der Waals surface area contributed by atoms with Gasteiger partial charge < -0.3 is 20.3 Å².